The van der Waals surface area contributed by atoms with Crippen LogP contribution in [0.1, 0.15) is 22.8 Å². The van der Waals surface area contributed by atoms with Crippen LogP contribution in [0, 0.1) is 12.7 Å². The first kappa shape index (κ1) is 11.4. The molecular formula is C12H10BrFO2. The molecule has 2 aromatic rings. The number of rotatable bonds is 2. The Morgan fingerprint density at radius 1 is 1.31 bits per heavy atom. The van der Waals surface area contributed by atoms with Crippen LogP contribution in [0.15, 0.2) is 39.6 Å². The minimum Gasteiger partial charge on any atom is -0.457 e. The quantitative estimate of drug-likeness (QED) is 0.915. The Balaban J connectivity index is 2.41. The van der Waals surface area contributed by atoms with Crippen LogP contribution in [0.25, 0.3) is 0 Å². The molecule has 2 nitrogen and oxygen atoms in total. The maximum Gasteiger partial charge on any atom is 0.175 e. The van der Waals surface area contributed by atoms with Crippen LogP contribution in [-0.4, -0.2) is 5.11 Å². The molecule has 16 heavy (non-hydrogen) atoms. The minimum atomic E-state index is -0.811. The van der Waals surface area contributed by atoms with Gasteiger partial charge in [-0.15, -0.1) is 0 Å². The molecule has 0 radical (unpaired) electrons. The molecule has 2 rings (SSSR count). The minimum absolute atomic E-state index is 0.306. The molecule has 1 atom stereocenters. The van der Waals surface area contributed by atoms with Crippen molar-refractivity contribution < 1.29 is 13.9 Å². The highest BCUT2D eigenvalue weighted by molar-refractivity contribution is 9.10. The third kappa shape index (κ3) is 2.03. The Kier molecular flexibility index (Phi) is 3.12. The van der Waals surface area contributed by atoms with Gasteiger partial charge in [0.1, 0.15) is 11.9 Å². The van der Waals surface area contributed by atoms with Crippen molar-refractivity contribution in [1.29, 1.82) is 0 Å². The molecule has 1 N–H and O–H groups in total. The first-order valence-electron chi connectivity index (χ1n) is 4.76. The molecule has 0 saturated carbocycles. The molecule has 0 saturated heterocycles. The van der Waals surface area contributed by atoms with E-state index < -0.39 is 6.10 Å². The van der Waals surface area contributed by atoms with Crippen molar-refractivity contribution >= 4 is 15.9 Å². The van der Waals surface area contributed by atoms with E-state index in [-0.39, 0.29) is 5.82 Å². The van der Waals surface area contributed by atoms with Gasteiger partial charge in [0.15, 0.2) is 4.67 Å². The summed E-state index contributed by atoms with van der Waals surface area (Å²) in [5.41, 5.74) is 2.01. The van der Waals surface area contributed by atoms with Gasteiger partial charge in [-0.05, 0) is 52.2 Å². The first-order chi connectivity index (χ1) is 7.59. The summed E-state index contributed by atoms with van der Waals surface area (Å²) >= 11 is 3.20. The maximum absolute atomic E-state index is 12.9. The van der Waals surface area contributed by atoms with Crippen LogP contribution in [-0.2, 0) is 0 Å². The van der Waals surface area contributed by atoms with Crippen LogP contribution in [0.5, 0.6) is 0 Å². The lowest BCUT2D eigenvalue weighted by Gasteiger charge is -2.12. The van der Waals surface area contributed by atoms with Crippen molar-refractivity contribution in [2.24, 2.45) is 0 Å². The van der Waals surface area contributed by atoms with Crippen molar-refractivity contribution in [1.82, 2.24) is 0 Å². The third-order valence-electron chi connectivity index (χ3n) is 2.47. The zero-order valence-corrected chi connectivity index (χ0v) is 10.2. The van der Waals surface area contributed by atoms with Gasteiger partial charge >= 0.3 is 0 Å². The van der Waals surface area contributed by atoms with E-state index in [1.807, 2.05) is 0 Å². The lowest BCUT2D eigenvalue weighted by molar-refractivity contribution is 0.217. The van der Waals surface area contributed by atoms with E-state index in [1.165, 1.54) is 18.4 Å². The van der Waals surface area contributed by atoms with Crippen LogP contribution in [0.2, 0.25) is 0 Å². The molecule has 0 fully saturated rings. The standard InChI is InChI=1S/C12H10BrFO2/c1-7-6-8(14)2-3-9(7)11(15)10-4-5-16-12(10)13/h2-6,11,15H,1H3. The number of halogens is 2. The Labute approximate surface area is 101 Å². The molecule has 84 valence electrons. The number of furan rings is 1. The monoisotopic (exact) mass is 284 g/mol. The topological polar surface area (TPSA) is 33.4 Å². The Morgan fingerprint density at radius 3 is 2.62 bits per heavy atom. The van der Waals surface area contributed by atoms with Crippen LogP contribution >= 0.6 is 15.9 Å². The van der Waals surface area contributed by atoms with E-state index in [1.54, 1.807) is 19.1 Å². The van der Waals surface area contributed by atoms with Gasteiger partial charge in [-0.2, -0.15) is 0 Å². The van der Waals surface area contributed by atoms with Crippen molar-refractivity contribution in [2.45, 2.75) is 13.0 Å². The molecule has 4 heteroatoms. The maximum atomic E-state index is 12.9. The highest BCUT2D eigenvalue weighted by Crippen LogP contribution is 2.31. The van der Waals surface area contributed by atoms with Gasteiger partial charge in [-0.25, -0.2) is 4.39 Å². The van der Waals surface area contributed by atoms with E-state index in [2.05, 4.69) is 15.9 Å². The van der Waals surface area contributed by atoms with E-state index >= 15 is 0 Å². The molecule has 0 aliphatic rings. The third-order valence-corrected chi connectivity index (χ3v) is 3.11. The highest BCUT2D eigenvalue weighted by Gasteiger charge is 2.17. The van der Waals surface area contributed by atoms with Gasteiger partial charge < -0.3 is 9.52 Å². The van der Waals surface area contributed by atoms with Gasteiger partial charge in [0.2, 0.25) is 0 Å². The SMILES string of the molecule is Cc1cc(F)ccc1C(O)c1ccoc1Br. The number of benzene rings is 1. The second-order valence-corrected chi connectivity index (χ2v) is 4.27. The fraction of sp³-hybridized carbons (Fsp3) is 0.167. The highest BCUT2D eigenvalue weighted by atomic mass is 79.9. The molecule has 0 spiro atoms. The zero-order chi connectivity index (χ0) is 11.7. The molecule has 1 aromatic heterocycles. The van der Waals surface area contributed by atoms with Gasteiger partial charge in [0.05, 0.1) is 6.26 Å². The van der Waals surface area contributed by atoms with Crippen LogP contribution in [0.3, 0.4) is 0 Å². The molecule has 0 amide bonds. The molecule has 0 bridgehead atoms. The number of aliphatic hydroxyl groups is 1. The lowest BCUT2D eigenvalue weighted by Crippen LogP contribution is -2.01. The molecule has 1 unspecified atom stereocenters. The zero-order valence-electron chi connectivity index (χ0n) is 8.58. The summed E-state index contributed by atoms with van der Waals surface area (Å²) in [6, 6.07) is 5.98. The molecule has 0 aliphatic carbocycles. The summed E-state index contributed by atoms with van der Waals surface area (Å²) in [6.07, 6.45) is 0.676. The number of aryl methyl sites for hydroxylation is 1. The molecule has 1 heterocycles. The molecular weight excluding hydrogens is 275 g/mol. The fourth-order valence-electron chi connectivity index (χ4n) is 1.61. The Hall–Kier alpha value is -1.13. The first-order valence-corrected chi connectivity index (χ1v) is 5.56. The molecule has 0 aliphatic heterocycles. The Bertz CT molecular complexity index is 507. The van der Waals surface area contributed by atoms with Crippen molar-refractivity contribution in [3.63, 3.8) is 0 Å². The second-order valence-electron chi connectivity index (χ2n) is 3.55. The normalized spacial score (nSPS) is 12.8. The predicted molar refractivity (Wildman–Crippen MR) is 61.6 cm³/mol. The largest absolute Gasteiger partial charge is 0.457 e. The van der Waals surface area contributed by atoms with E-state index in [0.717, 1.165) is 0 Å². The molecule has 1 aromatic carbocycles. The van der Waals surface area contributed by atoms with Crippen molar-refractivity contribution in [2.75, 3.05) is 0 Å². The van der Waals surface area contributed by atoms with Crippen LogP contribution < -0.4 is 0 Å². The Morgan fingerprint density at radius 2 is 2.06 bits per heavy atom. The second kappa shape index (κ2) is 4.39. The van der Waals surface area contributed by atoms with Crippen molar-refractivity contribution in [3.05, 3.63) is 57.7 Å². The van der Waals surface area contributed by atoms with Gasteiger partial charge in [-0.3, -0.25) is 0 Å². The summed E-state index contributed by atoms with van der Waals surface area (Å²) < 4.78 is 18.5. The summed E-state index contributed by atoms with van der Waals surface area (Å²) in [7, 11) is 0. The van der Waals surface area contributed by atoms with Gasteiger partial charge in [-0.1, -0.05) is 6.07 Å². The van der Waals surface area contributed by atoms with E-state index in [9.17, 15) is 9.50 Å². The lowest BCUT2D eigenvalue weighted by atomic mass is 9.99. The number of hydrogen-bond acceptors (Lipinski definition) is 2. The van der Waals surface area contributed by atoms with Gasteiger partial charge in [0.25, 0.3) is 0 Å². The number of aliphatic hydroxyl groups excluding tert-OH is 1. The fourth-order valence-corrected chi connectivity index (χ4v) is 2.07. The van der Waals surface area contributed by atoms with E-state index in [0.29, 0.717) is 21.4 Å². The van der Waals surface area contributed by atoms with Gasteiger partial charge in [0, 0.05) is 5.56 Å². The van der Waals surface area contributed by atoms with E-state index in [4.69, 9.17) is 4.42 Å². The summed E-state index contributed by atoms with van der Waals surface area (Å²) in [6.45, 7) is 1.76. The summed E-state index contributed by atoms with van der Waals surface area (Å²) in [5, 5.41) is 10.1. The average molecular weight is 285 g/mol. The smallest absolute Gasteiger partial charge is 0.175 e. The van der Waals surface area contributed by atoms with Crippen LogP contribution in [0.4, 0.5) is 4.39 Å². The summed E-state index contributed by atoms with van der Waals surface area (Å²) in [4.78, 5) is 0. The number of hydrogen-bond donors (Lipinski definition) is 1. The summed E-state index contributed by atoms with van der Waals surface area (Å²) in [5.74, 6) is -0.306. The van der Waals surface area contributed by atoms with Crippen molar-refractivity contribution in [3.8, 4) is 0 Å². The predicted octanol–water partition coefficient (Wildman–Crippen LogP) is 3.57. The average Bonchev–Trinajstić information content (AvgIpc) is 2.63.